The normalized spacial score (nSPS) is 20.0. The largest absolute Gasteiger partial charge is 0.416 e. The predicted molar refractivity (Wildman–Crippen MR) is 152 cm³/mol. The molecule has 2 aromatic rings. The number of amides is 4. The summed E-state index contributed by atoms with van der Waals surface area (Å²) >= 11 is 0. The average Bonchev–Trinajstić information content (AvgIpc) is 2.98. The van der Waals surface area contributed by atoms with E-state index in [9.17, 15) is 40.7 Å². The Kier molecular flexibility index (Phi) is 9.55. The lowest BCUT2D eigenvalue weighted by atomic mass is 9.84. The number of hydrogen-bond acceptors (Lipinski definition) is 3. The van der Waals surface area contributed by atoms with E-state index in [1.165, 1.54) is 18.9 Å². The smallest absolute Gasteiger partial charge is 0.343 e. The number of halogens is 6. The fraction of sp³-hybridized carbons (Fsp3) is 0.516. The Morgan fingerprint density at radius 3 is 1.82 bits per heavy atom. The monoisotopic (exact) mass is 626 g/mol. The lowest BCUT2D eigenvalue weighted by Crippen LogP contribution is -2.55. The minimum atomic E-state index is -5.05. The van der Waals surface area contributed by atoms with Crippen molar-refractivity contribution in [2.24, 2.45) is 5.92 Å². The van der Waals surface area contributed by atoms with Crippen LogP contribution in [0.15, 0.2) is 42.5 Å². The molecule has 0 unspecified atom stereocenters. The molecule has 0 aliphatic carbocycles. The van der Waals surface area contributed by atoms with Crippen LogP contribution < -0.4 is 4.90 Å². The molecular formula is C31H36F6N4O3. The van der Waals surface area contributed by atoms with Gasteiger partial charge in [-0.1, -0.05) is 29.8 Å². The first-order chi connectivity index (χ1) is 20.5. The Balaban J connectivity index is 1.58. The quantitative estimate of drug-likeness (QED) is 0.382. The van der Waals surface area contributed by atoms with E-state index in [1.54, 1.807) is 9.80 Å². The summed E-state index contributed by atoms with van der Waals surface area (Å²) in [5.41, 5.74) is -1.71. The number of benzene rings is 2. The number of alkyl halides is 6. The van der Waals surface area contributed by atoms with Crippen LogP contribution in [-0.2, 0) is 21.9 Å². The van der Waals surface area contributed by atoms with Gasteiger partial charge in [0.25, 0.3) is 0 Å². The van der Waals surface area contributed by atoms with Crippen molar-refractivity contribution >= 4 is 23.5 Å². The lowest BCUT2D eigenvalue weighted by molar-refractivity contribution is -0.143. The summed E-state index contributed by atoms with van der Waals surface area (Å²) in [6.07, 6.45) is -8.65. The van der Waals surface area contributed by atoms with Crippen LogP contribution in [0, 0.1) is 12.8 Å². The Morgan fingerprint density at radius 1 is 0.795 bits per heavy atom. The molecular weight excluding hydrogens is 590 g/mol. The van der Waals surface area contributed by atoms with Gasteiger partial charge in [0.2, 0.25) is 11.8 Å². The van der Waals surface area contributed by atoms with Crippen molar-refractivity contribution in [1.29, 1.82) is 0 Å². The van der Waals surface area contributed by atoms with Crippen molar-refractivity contribution in [2.45, 2.75) is 57.4 Å². The van der Waals surface area contributed by atoms with E-state index in [0.29, 0.717) is 51.0 Å². The van der Waals surface area contributed by atoms with Crippen molar-refractivity contribution < 1.29 is 40.7 Å². The first-order valence-electron chi connectivity index (χ1n) is 14.4. The maximum atomic E-state index is 13.6. The zero-order valence-electron chi connectivity index (χ0n) is 25.0. The SMILES string of the molecule is CC(=O)N1CCC(C(=O)N2CC[C@@H](N(C)C(=O)N(C)c3cc(C(F)(F)F)cc(C(F)(F)F)c3)[C@H](c3ccc(C)cc3)C2)CC1. The summed E-state index contributed by atoms with van der Waals surface area (Å²) in [4.78, 5) is 44.5. The minimum absolute atomic E-state index is 0.0235. The molecule has 0 N–H and O–H groups in total. The van der Waals surface area contributed by atoms with Crippen molar-refractivity contribution in [1.82, 2.24) is 14.7 Å². The first-order valence-corrected chi connectivity index (χ1v) is 14.4. The molecule has 2 aliphatic rings. The predicted octanol–water partition coefficient (Wildman–Crippen LogP) is 6.16. The molecule has 44 heavy (non-hydrogen) atoms. The highest BCUT2D eigenvalue weighted by molar-refractivity contribution is 5.92. The topological polar surface area (TPSA) is 64.2 Å². The van der Waals surface area contributed by atoms with Crippen molar-refractivity contribution in [3.63, 3.8) is 0 Å². The molecule has 0 aromatic heterocycles. The molecule has 13 heteroatoms. The second-order valence-corrected chi connectivity index (χ2v) is 11.7. The van der Waals surface area contributed by atoms with Crippen LogP contribution in [0.4, 0.5) is 36.8 Å². The standard InChI is InChI=1S/C31H36F6N4O3/c1-19-5-7-21(8-6-19)26-18-41(28(43)22-9-12-40(13-10-22)20(2)42)14-11-27(26)39(4)29(44)38(3)25-16-23(30(32,33)34)15-24(17-25)31(35,36)37/h5-8,15-17,22,26-27H,9-14,18H2,1-4H3/t26-,27+/m0/s1. The number of rotatable bonds is 4. The third kappa shape index (κ3) is 7.29. The molecule has 2 saturated heterocycles. The Labute approximate surface area is 252 Å². The molecule has 2 atom stereocenters. The summed E-state index contributed by atoms with van der Waals surface area (Å²) in [6.45, 7) is 5.01. The third-order valence-corrected chi connectivity index (χ3v) is 8.73. The molecule has 2 aliphatic heterocycles. The zero-order chi connectivity index (χ0) is 32.6. The van der Waals surface area contributed by atoms with Gasteiger partial charge in [0.1, 0.15) is 0 Å². The molecule has 2 fully saturated rings. The van der Waals surface area contributed by atoms with Crippen molar-refractivity contribution in [3.8, 4) is 0 Å². The molecule has 4 rings (SSSR count). The molecule has 0 saturated carbocycles. The molecule has 0 spiro atoms. The Morgan fingerprint density at radius 2 is 1.32 bits per heavy atom. The van der Waals surface area contributed by atoms with Crippen LogP contribution in [0.2, 0.25) is 0 Å². The van der Waals surface area contributed by atoms with Gasteiger partial charge in [0.15, 0.2) is 0 Å². The number of likely N-dealkylation sites (N-methyl/N-ethyl adjacent to an activating group) is 1. The van der Waals surface area contributed by atoms with E-state index in [1.807, 2.05) is 31.2 Å². The summed E-state index contributed by atoms with van der Waals surface area (Å²) in [5, 5.41) is 0. The van der Waals surface area contributed by atoms with Gasteiger partial charge in [0.05, 0.1) is 11.1 Å². The summed E-state index contributed by atoms with van der Waals surface area (Å²) < 4.78 is 80.9. The Hall–Kier alpha value is -3.77. The van der Waals surface area contributed by atoms with Crippen LogP contribution in [-0.4, -0.2) is 78.9 Å². The van der Waals surface area contributed by atoms with Crippen LogP contribution >= 0.6 is 0 Å². The van der Waals surface area contributed by atoms with Crippen LogP contribution in [0.3, 0.4) is 0 Å². The number of carbonyl (C=O) groups is 3. The minimum Gasteiger partial charge on any atom is -0.343 e. The molecule has 240 valence electrons. The number of piperidine rings is 2. The van der Waals surface area contributed by atoms with E-state index < -0.39 is 41.2 Å². The van der Waals surface area contributed by atoms with Gasteiger partial charge < -0.3 is 14.7 Å². The van der Waals surface area contributed by atoms with Crippen LogP contribution in [0.1, 0.15) is 54.4 Å². The first kappa shape index (κ1) is 33.1. The summed E-state index contributed by atoms with van der Waals surface area (Å²) in [7, 11) is 2.61. The number of anilines is 1. The van der Waals surface area contributed by atoms with Gasteiger partial charge in [-0.25, -0.2) is 4.79 Å². The highest BCUT2D eigenvalue weighted by atomic mass is 19.4. The average molecular weight is 627 g/mol. The van der Waals surface area contributed by atoms with Gasteiger partial charge >= 0.3 is 18.4 Å². The second kappa shape index (κ2) is 12.7. The van der Waals surface area contributed by atoms with E-state index in [0.717, 1.165) is 23.1 Å². The van der Waals surface area contributed by atoms with Crippen LogP contribution in [0.5, 0.6) is 0 Å². The zero-order valence-corrected chi connectivity index (χ0v) is 25.0. The van der Waals surface area contributed by atoms with Crippen LogP contribution in [0.25, 0.3) is 0 Å². The number of likely N-dealkylation sites (tertiary alicyclic amines) is 2. The maximum absolute atomic E-state index is 13.6. The van der Waals surface area contributed by atoms with Gasteiger partial charge in [0, 0.05) is 70.8 Å². The fourth-order valence-electron chi connectivity index (χ4n) is 6.07. The molecule has 2 aromatic carbocycles. The molecule has 0 bridgehead atoms. The molecule has 7 nitrogen and oxygen atoms in total. The molecule has 4 amide bonds. The van der Waals surface area contributed by atoms with Crippen molar-refractivity contribution in [2.75, 3.05) is 45.2 Å². The fourth-order valence-corrected chi connectivity index (χ4v) is 6.07. The number of carbonyl (C=O) groups excluding carboxylic acids is 3. The summed E-state index contributed by atoms with van der Waals surface area (Å²) in [6, 6.07) is 7.40. The van der Waals surface area contributed by atoms with E-state index >= 15 is 0 Å². The summed E-state index contributed by atoms with van der Waals surface area (Å²) in [5.74, 6) is -0.664. The maximum Gasteiger partial charge on any atom is 0.416 e. The molecule has 0 radical (unpaired) electrons. The number of aryl methyl sites for hydroxylation is 1. The van der Waals surface area contributed by atoms with Gasteiger partial charge in [-0.3, -0.25) is 14.5 Å². The number of hydrogen-bond donors (Lipinski definition) is 0. The van der Waals surface area contributed by atoms with Gasteiger partial charge in [-0.2, -0.15) is 26.3 Å². The van der Waals surface area contributed by atoms with Gasteiger partial charge in [-0.15, -0.1) is 0 Å². The highest BCUT2D eigenvalue weighted by Crippen LogP contribution is 2.39. The van der Waals surface area contributed by atoms with E-state index in [-0.39, 0.29) is 36.3 Å². The second-order valence-electron chi connectivity index (χ2n) is 11.7. The van der Waals surface area contributed by atoms with E-state index in [2.05, 4.69) is 0 Å². The Bertz CT molecular complexity index is 1340. The van der Waals surface area contributed by atoms with E-state index in [4.69, 9.17) is 0 Å². The number of nitrogens with zero attached hydrogens (tertiary/aromatic N) is 4. The molecule has 2 heterocycles. The van der Waals surface area contributed by atoms with Gasteiger partial charge in [-0.05, 0) is 49.9 Å². The highest BCUT2D eigenvalue weighted by Gasteiger charge is 2.41. The lowest BCUT2D eigenvalue weighted by Gasteiger charge is -2.45. The number of urea groups is 1. The third-order valence-electron chi connectivity index (χ3n) is 8.73. The van der Waals surface area contributed by atoms with Crippen molar-refractivity contribution in [3.05, 3.63) is 64.7 Å².